The van der Waals surface area contributed by atoms with E-state index >= 15 is 0 Å². The number of hydrogen-bond donors (Lipinski definition) is 1. The molecule has 0 saturated carbocycles. The van der Waals surface area contributed by atoms with Gasteiger partial charge in [0.2, 0.25) is 0 Å². The Hall–Kier alpha value is -1.36. The van der Waals surface area contributed by atoms with Gasteiger partial charge in [-0.3, -0.25) is 9.59 Å². The largest absolute Gasteiger partial charge is 0.481 e. The van der Waals surface area contributed by atoms with Gasteiger partial charge in [-0.15, -0.1) is 11.3 Å². The molecule has 0 aliphatic carbocycles. The van der Waals surface area contributed by atoms with Crippen LogP contribution in [0, 0.1) is 12.8 Å². The fourth-order valence-electron chi connectivity index (χ4n) is 1.50. The monoisotopic (exact) mass is 255 g/mol. The summed E-state index contributed by atoms with van der Waals surface area (Å²) in [5.74, 6) is -1.49. The predicted octanol–water partition coefficient (Wildman–Crippen LogP) is 2.24. The Labute approximate surface area is 105 Å². The lowest BCUT2D eigenvalue weighted by molar-refractivity contribution is -0.141. The van der Waals surface area contributed by atoms with Gasteiger partial charge in [-0.1, -0.05) is 6.92 Å². The summed E-state index contributed by atoms with van der Waals surface area (Å²) in [6.45, 7) is 6.13. The molecule has 0 spiro atoms. The molecular weight excluding hydrogens is 238 g/mol. The second kappa shape index (κ2) is 5.82. The van der Waals surface area contributed by atoms with Gasteiger partial charge in [0.15, 0.2) is 0 Å². The molecule has 1 aromatic rings. The minimum atomic E-state index is -0.876. The van der Waals surface area contributed by atoms with Crippen molar-refractivity contribution >= 4 is 23.2 Å². The van der Waals surface area contributed by atoms with E-state index in [-0.39, 0.29) is 12.5 Å². The number of carbonyl (C=O) groups excluding carboxylic acids is 1. The lowest BCUT2D eigenvalue weighted by Crippen LogP contribution is -2.36. The number of carbonyl (C=O) groups is 2. The molecule has 1 heterocycles. The molecule has 17 heavy (non-hydrogen) atoms. The van der Waals surface area contributed by atoms with Crippen molar-refractivity contribution in [2.75, 3.05) is 13.1 Å². The normalized spacial score (nSPS) is 12.2. The van der Waals surface area contributed by atoms with Crippen molar-refractivity contribution in [3.8, 4) is 0 Å². The Morgan fingerprint density at radius 3 is 2.59 bits per heavy atom. The van der Waals surface area contributed by atoms with E-state index < -0.39 is 11.9 Å². The molecule has 0 aromatic carbocycles. The Balaban J connectivity index is 2.78. The zero-order chi connectivity index (χ0) is 13.0. The number of nitrogens with zero attached hydrogens (tertiary/aromatic N) is 1. The molecule has 1 atom stereocenters. The molecule has 1 amide bonds. The molecule has 0 bridgehead atoms. The maximum absolute atomic E-state index is 12.2. The van der Waals surface area contributed by atoms with Gasteiger partial charge < -0.3 is 10.0 Å². The molecule has 1 rings (SSSR count). The first-order valence-corrected chi connectivity index (χ1v) is 6.41. The fourth-order valence-corrected chi connectivity index (χ4v) is 2.39. The van der Waals surface area contributed by atoms with Crippen LogP contribution in [-0.2, 0) is 4.79 Å². The minimum Gasteiger partial charge on any atom is -0.481 e. The quantitative estimate of drug-likeness (QED) is 0.877. The van der Waals surface area contributed by atoms with Gasteiger partial charge in [-0.2, -0.15) is 0 Å². The topological polar surface area (TPSA) is 57.6 Å². The Morgan fingerprint density at radius 2 is 2.18 bits per heavy atom. The first kappa shape index (κ1) is 13.7. The molecule has 1 unspecified atom stereocenters. The molecule has 4 nitrogen and oxygen atoms in total. The second-order valence-electron chi connectivity index (χ2n) is 4.02. The highest BCUT2D eigenvalue weighted by molar-refractivity contribution is 7.12. The van der Waals surface area contributed by atoms with Crippen LogP contribution in [0.5, 0.6) is 0 Å². The second-order valence-corrected chi connectivity index (χ2v) is 4.93. The molecule has 0 aliphatic rings. The zero-order valence-electron chi connectivity index (χ0n) is 10.3. The lowest BCUT2D eigenvalue weighted by atomic mass is 10.1. The molecular formula is C12H17NO3S. The van der Waals surface area contributed by atoms with Crippen molar-refractivity contribution in [3.05, 3.63) is 21.9 Å². The summed E-state index contributed by atoms with van der Waals surface area (Å²) in [6, 6.07) is 1.90. The van der Waals surface area contributed by atoms with Crippen molar-refractivity contribution in [3.63, 3.8) is 0 Å². The summed E-state index contributed by atoms with van der Waals surface area (Å²) < 4.78 is 0. The van der Waals surface area contributed by atoms with E-state index in [0.717, 1.165) is 5.56 Å². The number of thiophene rings is 1. The summed E-state index contributed by atoms with van der Waals surface area (Å²) in [6.07, 6.45) is 0. The summed E-state index contributed by atoms with van der Waals surface area (Å²) in [5, 5.41) is 10.7. The highest BCUT2D eigenvalue weighted by Gasteiger charge is 2.22. The molecule has 94 valence electrons. The van der Waals surface area contributed by atoms with Gasteiger partial charge in [0.05, 0.1) is 10.8 Å². The molecule has 0 saturated heterocycles. The summed E-state index contributed by atoms with van der Waals surface area (Å²) in [7, 11) is 0. The molecule has 5 heteroatoms. The van der Waals surface area contributed by atoms with Crippen molar-refractivity contribution < 1.29 is 14.7 Å². The van der Waals surface area contributed by atoms with Gasteiger partial charge in [-0.05, 0) is 30.9 Å². The molecule has 1 aromatic heterocycles. The van der Waals surface area contributed by atoms with E-state index in [1.165, 1.54) is 11.3 Å². The smallest absolute Gasteiger partial charge is 0.308 e. The number of aliphatic carboxylic acids is 1. The molecule has 0 fully saturated rings. The van der Waals surface area contributed by atoms with Crippen LogP contribution in [0.4, 0.5) is 0 Å². The van der Waals surface area contributed by atoms with Gasteiger partial charge in [0.25, 0.3) is 5.91 Å². The molecule has 0 radical (unpaired) electrons. The van der Waals surface area contributed by atoms with Crippen molar-refractivity contribution in [2.45, 2.75) is 20.8 Å². The van der Waals surface area contributed by atoms with Crippen LogP contribution >= 0.6 is 11.3 Å². The number of aryl methyl sites for hydroxylation is 1. The first-order valence-electron chi connectivity index (χ1n) is 5.53. The fraction of sp³-hybridized carbons (Fsp3) is 0.500. The molecule has 1 N–H and O–H groups in total. The van der Waals surface area contributed by atoms with Crippen molar-refractivity contribution in [2.24, 2.45) is 5.92 Å². The van der Waals surface area contributed by atoms with Gasteiger partial charge >= 0.3 is 5.97 Å². The van der Waals surface area contributed by atoms with Crippen LogP contribution in [0.1, 0.15) is 29.1 Å². The van der Waals surface area contributed by atoms with Crippen molar-refractivity contribution in [1.82, 2.24) is 4.90 Å². The van der Waals surface area contributed by atoms with Crippen molar-refractivity contribution in [1.29, 1.82) is 0 Å². The van der Waals surface area contributed by atoms with Crippen LogP contribution in [0.3, 0.4) is 0 Å². The van der Waals surface area contributed by atoms with Crippen LogP contribution < -0.4 is 0 Å². The Bertz CT molecular complexity index is 414. The van der Waals surface area contributed by atoms with E-state index in [4.69, 9.17) is 5.11 Å². The SMILES string of the molecule is CCN(CC(C)C(=O)O)C(=O)c1sccc1C. The van der Waals surface area contributed by atoms with E-state index in [0.29, 0.717) is 11.4 Å². The summed E-state index contributed by atoms with van der Waals surface area (Å²) >= 11 is 1.40. The molecule has 0 aliphatic heterocycles. The van der Waals surface area contributed by atoms with E-state index in [1.54, 1.807) is 11.8 Å². The number of rotatable bonds is 5. The summed E-state index contributed by atoms with van der Waals surface area (Å²) in [5.41, 5.74) is 0.946. The Morgan fingerprint density at radius 1 is 1.53 bits per heavy atom. The maximum atomic E-state index is 12.2. The minimum absolute atomic E-state index is 0.0758. The Kier molecular flexibility index (Phi) is 4.69. The van der Waals surface area contributed by atoms with Crippen LogP contribution in [0.15, 0.2) is 11.4 Å². The summed E-state index contributed by atoms with van der Waals surface area (Å²) in [4.78, 5) is 25.2. The average Bonchev–Trinajstić information content (AvgIpc) is 2.70. The van der Waals surface area contributed by atoms with E-state index in [2.05, 4.69) is 0 Å². The van der Waals surface area contributed by atoms with Crippen LogP contribution in [0.2, 0.25) is 0 Å². The van der Waals surface area contributed by atoms with Crippen LogP contribution in [-0.4, -0.2) is 35.0 Å². The zero-order valence-corrected chi connectivity index (χ0v) is 11.1. The number of hydrogen-bond acceptors (Lipinski definition) is 3. The average molecular weight is 255 g/mol. The number of carboxylic acid groups (broad SMARTS) is 1. The third-order valence-corrected chi connectivity index (χ3v) is 3.65. The third-order valence-electron chi connectivity index (χ3n) is 2.64. The van der Waals surface area contributed by atoms with Gasteiger partial charge in [-0.25, -0.2) is 0 Å². The first-order chi connectivity index (χ1) is 7.97. The predicted molar refractivity (Wildman–Crippen MR) is 67.4 cm³/mol. The number of amides is 1. The van der Waals surface area contributed by atoms with E-state index in [1.807, 2.05) is 25.3 Å². The third kappa shape index (κ3) is 3.30. The standard InChI is InChI=1S/C12H17NO3S/c1-4-13(7-9(3)12(15)16)11(14)10-8(2)5-6-17-10/h5-6,9H,4,7H2,1-3H3,(H,15,16). The van der Waals surface area contributed by atoms with Crippen LogP contribution in [0.25, 0.3) is 0 Å². The highest BCUT2D eigenvalue weighted by atomic mass is 32.1. The van der Waals surface area contributed by atoms with Gasteiger partial charge in [0.1, 0.15) is 0 Å². The van der Waals surface area contributed by atoms with Gasteiger partial charge in [0, 0.05) is 13.1 Å². The highest BCUT2D eigenvalue weighted by Crippen LogP contribution is 2.18. The van der Waals surface area contributed by atoms with E-state index in [9.17, 15) is 9.59 Å². The number of carboxylic acids is 1. The maximum Gasteiger partial charge on any atom is 0.308 e. The lowest BCUT2D eigenvalue weighted by Gasteiger charge is -2.22.